The third kappa shape index (κ3) is 4.93. The molecule has 0 spiro atoms. The highest BCUT2D eigenvalue weighted by Gasteiger charge is 2.10. The normalized spacial score (nSPS) is 10.3. The number of rotatable bonds is 5. The number of amides is 2. The van der Waals surface area contributed by atoms with Crippen molar-refractivity contribution in [2.75, 3.05) is 5.75 Å². The first-order chi connectivity index (χ1) is 12.6. The molecule has 26 heavy (non-hydrogen) atoms. The van der Waals surface area contributed by atoms with Crippen molar-refractivity contribution in [2.45, 2.75) is 5.16 Å². The lowest BCUT2D eigenvalue weighted by atomic mass is 10.2. The number of carbonyl (C=O) groups excluding carboxylic acids is 2. The fraction of sp³-hybridized carbons (Fsp3) is 0.0588. The summed E-state index contributed by atoms with van der Waals surface area (Å²) in [7, 11) is 0. The van der Waals surface area contributed by atoms with Gasteiger partial charge in [0, 0.05) is 10.0 Å². The quantitative estimate of drug-likeness (QED) is 0.478. The predicted molar refractivity (Wildman–Crippen MR) is 102 cm³/mol. The number of aromatic nitrogens is 3. The first-order valence-electron chi connectivity index (χ1n) is 7.56. The topological polar surface area (TPSA) is 88.9 Å². The molecule has 0 atom stereocenters. The molecule has 0 fully saturated rings. The van der Waals surface area contributed by atoms with Crippen LogP contribution in [0.15, 0.2) is 70.6 Å². The maximum atomic E-state index is 11.9. The molecular formula is C17H14BrN5O2S. The van der Waals surface area contributed by atoms with Crippen LogP contribution in [0.25, 0.3) is 5.69 Å². The number of halogens is 1. The first-order valence-corrected chi connectivity index (χ1v) is 9.34. The summed E-state index contributed by atoms with van der Waals surface area (Å²) in [5.41, 5.74) is 6.08. The molecule has 1 aromatic heterocycles. The number of hydrogen-bond acceptors (Lipinski definition) is 5. The Balaban J connectivity index is 1.46. The van der Waals surface area contributed by atoms with Gasteiger partial charge in [-0.3, -0.25) is 20.4 Å². The zero-order valence-electron chi connectivity index (χ0n) is 13.4. The molecule has 0 aliphatic carbocycles. The average Bonchev–Trinajstić information content (AvgIpc) is 3.15. The Hall–Kier alpha value is -2.65. The van der Waals surface area contributed by atoms with Gasteiger partial charge in [-0.05, 0) is 36.4 Å². The number of benzene rings is 2. The Morgan fingerprint density at radius 1 is 1.04 bits per heavy atom. The lowest BCUT2D eigenvalue weighted by Gasteiger charge is -2.06. The van der Waals surface area contributed by atoms with Crippen molar-refractivity contribution in [3.8, 4) is 5.69 Å². The van der Waals surface area contributed by atoms with Crippen LogP contribution >= 0.6 is 27.7 Å². The van der Waals surface area contributed by atoms with E-state index in [0.717, 1.165) is 10.2 Å². The minimum absolute atomic E-state index is 0.0828. The van der Waals surface area contributed by atoms with Crippen LogP contribution in [0, 0.1) is 0 Å². The van der Waals surface area contributed by atoms with Gasteiger partial charge in [0.1, 0.15) is 6.33 Å². The molecule has 3 rings (SSSR count). The van der Waals surface area contributed by atoms with E-state index in [1.54, 1.807) is 35.3 Å². The monoisotopic (exact) mass is 431 g/mol. The molecule has 0 aliphatic heterocycles. The lowest BCUT2D eigenvalue weighted by molar-refractivity contribution is -0.119. The lowest BCUT2D eigenvalue weighted by Crippen LogP contribution is -2.42. The molecule has 0 aliphatic rings. The molecule has 2 aromatic carbocycles. The van der Waals surface area contributed by atoms with Gasteiger partial charge in [0.25, 0.3) is 5.91 Å². The third-order valence-corrected chi connectivity index (χ3v) is 4.63. The minimum atomic E-state index is -0.387. The van der Waals surface area contributed by atoms with E-state index in [-0.39, 0.29) is 17.6 Å². The van der Waals surface area contributed by atoms with E-state index >= 15 is 0 Å². The maximum absolute atomic E-state index is 11.9. The van der Waals surface area contributed by atoms with Crippen LogP contribution in [-0.2, 0) is 4.79 Å². The van der Waals surface area contributed by atoms with Crippen molar-refractivity contribution in [1.29, 1.82) is 0 Å². The molecule has 2 amide bonds. The van der Waals surface area contributed by atoms with Crippen LogP contribution in [0.3, 0.4) is 0 Å². The van der Waals surface area contributed by atoms with Crippen LogP contribution in [0.5, 0.6) is 0 Å². The Bertz CT molecular complexity index is 899. The summed E-state index contributed by atoms with van der Waals surface area (Å²) in [4.78, 5) is 27.9. The van der Waals surface area contributed by atoms with E-state index in [2.05, 4.69) is 36.9 Å². The van der Waals surface area contributed by atoms with Gasteiger partial charge in [-0.15, -0.1) is 5.10 Å². The molecule has 132 valence electrons. The second-order valence-corrected chi connectivity index (χ2v) is 6.96. The second-order valence-electron chi connectivity index (χ2n) is 5.11. The van der Waals surface area contributed by atoms with Crippen LogP contribution in [0.2, 0.25) is 0 Å². The molecule has 0 saturated heterocycles. The van der Waals surface area contributed by atoms with Gasteiger partial charge in [-0.25, -0.2) is 9.67 Å². The summed E-state index contributed by atoms with van der Waals surface area (Å²) < 4.78 is 2.51. The van der Waals surface area contributed by atoms with Gasteiger partial charge in [0.2, 0.25) is 11.1 Å². The highest BCUT2D eigenvalue weighted by molar-refractivity contribution is 9.10. The van der Waals surface area contributed by atoms with Gasteiger partial charge in [0.05, 0.1) is 11.4 Å². The number of carbonyl (C=O) groups is 2. The van der Waals surface area contributed by atoms with Crippen molar-refractivity contribution in [1.82, 2.24) is 25.6 Å². The van der Waals surface area contributed by atoms with E-state index in [0.29, 0.717) is 10.7 Å². The standard InChI is InChI=1S/C17H14BrN5O2S/c18-13-8-6-12(7-9-13)16(25)21-20-15(24)10-26-17-19-11-23(22-17)14-4-2-1-3-5-14/h1-9,11H,10H2,(H,20,24)(H,21,25). The van der Waals surface area contributed by atoms with Gasteiger partial charge in [0.15, 0.2) is 0 Å². The molecule has 3 aromatic rings. The average molecular weight is 432 g/mol. The summed E-state index contributed by atoms with van der Waals surface area (Å²) in [5.74, 6) is -0.654. The Labute approximate surface area is 162 Å². The van der Waals surface area contributed by atoms with Gasteiger partial charge in [-0.2, -0.15) is 0 Å². The molecular weight excluding hydrogens is 418 g/mol. The van der Waals surface area contributed by atoms with Crippen molar-refractivity contribution in [2.24, 2.45) is 0 Å². The fourth-order valence-electron chi connectivity index (χ4n) is 1.99. The van der Waals surface area contributed by atoms with Gasteiger partial charge >= 0.3 is 0 Å². The minimum Gasteiger partial charge on any atom is -0.272 e. The SMILES string of the molecule is O=C(CSc1ncn(-c2ccccc2)n1)NNC(=O)c1ccc(Br)cc1. The van der Waals surface area contributed by atoms with Crippen LogP contribution in [-0.4, -0.2) is 32.3 Å². The van der Waals surface area contributed by atoms with Crippen LogP contribution < -0.4 is 10.9 Å². The highest BCUT2D eigenvalue weighted by atomic mass is 79.9. The predicted octanol–water partition coefficient (Wildman–Crippen LogP) is 2.58. The summed E-state index contributed by atoms with van der Waals surface area (Å²) in [6.07, 6.45) is 1.59. The van der Waals surface area contributed by atoms with E-state index in [1.165, 1.54) is 11.8 Å². The number of hydrazine groups is 1. The van der Waals surface area contributed by atoms with Crippen molar-refractivity contribution in [3.63, 3.8) is 0 Å². The summed E-state index contributed by atoms with van der Waals surface area (Å²) in [5, 5.41) is 4.78. The molecule has 0 unspecified atom stereocenters. The van der Waals surface area contributed by atoms with Crippen molar-refractivity contribution >= 4 is 39.5 Å². The number of nitrogens with zero attached hydrogens (tertiary/aromatic N) is 3. The molecule has 0 saturated carbocycles. The Kier molecular flexibility index (Phi) is 6.03. The van der Waals surface area contributed by atoms with Crippen molar-refractivity contribution < 1.29 is 9.59 Å². The zero-order chi connectivity index (χ0) is 18.4. The number of hydrogen-bond donors (Lipinski definition) is 2. The largest absolute Gasteiger partial charge is 0.272 e. The zero-order valence-corrected chi connectivity index (χ0v) is 15.8. The Morgan fingerprint density at radius 3 is 2.50 bits per heavy atom. The number of nitrogens with one attached hydrogen (secondary N) is 2. The third-order valence-electron chi connectivity index (χ3n) is 3.25. The summed E-state index contributed by atoms with van der Waals surface area (Å²) in [6.45, 7) is 0. The van der Waals surface area contributed by atoms with Crippen LogP contribution in [0.1, 0.15) is 10.4 Å². The van der Waals surface area contributed by atoms with E-state index in [9.17, 15) is 9.59 Å². The molecule has 0 radical (unpaired) electrons. The number of thioether (sulfide) groups is 1. The van der Waals surface area contributed by atoms with Gasteiger partial charge < -0.3 is 0 Å². The fourth-order valence-corrected chi connectivity index (χ4v) is 2.85. The molecule has 9 heteroatoms. The molecule has 0 bridgehead atoms. The molecule has 7 nitrogen and oxygen atoms in total. The second kappa shape index (κ2) is 8.63. The van der Waals surface area contributed by atoms with Gasteiger partial charge in [-0.1, -0.05) is 45.9 Å². The molecule has 1 heterocycles. The molecule has 2 N–H and O–H groups in total. The summed E-state index contributed by atoms with van der Waals surface area (Å²) in [6, 6.07) is 16.4. The Morgan fingerprint density at radius 2 is 1.77 bits per heavy atom. The van der Waals surface area contributed by atoms with Crippen molar-refractivity contribution in [3.05, 3.63) is 71.0 Å². The van der Waals surface area contributed by atoms with E-state index in [4.69, 9.17) is 0 Å². The van der Waals surface area contributed by atoms with Crippen LogP contribution in [0.4, 0.5) is 0 Å². The first kappa shape index (κ1) is 18.2. The maximum Gasteiger partial charge on any atom is 0.269 e. The highest BCUT2D eigenvalue weighted by Crippen LogP contribution is 2.14. The summed E-state index contributed by atoms with van der Waals surface area (Å²) >= 11 is 4.48. The smallest absolute Gasteiger partial charge is 0.269 e. The number of para-hydroxylation sites is 1. The van der Waals surface area contributed by atoms with E-state index in [1.807, 2.05) is 30.3 Å². The van der Waals surface area contributed by atoms with E-state index < -0.39 is 0 Å².